The van der Waals surface area contributed by atoms with Crippen LogP contribution in [0.25, 0.3) is 11.1 Å². The van der Waals surface area contributed by atoms with Crippen molar-refractivity contribution in [3.63, 3.8) is 0 Å². The van der Waals surface area contributed by atoms with Crippen molar-refractivity contribution in [2.75, 3.05) is 10.6 Å². The summed E-state index contributed by atoms with van der Waals surface area (Å²) in [6.45, 7) is 3.33. The Hall–Kier alpha value is -2.93. The molecule has 0 radical (unpaired) electrons. The third-order valence-electron chi connectivity index (χ3n) is 4.03. The summed E-state index contributed by atoms with van der Waals surface area (Å²) >= 11 is 3.43. The first-order chi connectivity index (χ1) is 12.8. The van der Waals surface area contributed by atoms with Crippen molar-refractivity contribution in [2.24, 2.45) is 7.05 Å². The molecule has 0 fully saturated rings. The smallest absolute Gasteiger partial charge is 0.256 e. The normalized spacial score (nSPS) is 10.5. The number of nitrogens with one attached hydrogen (secondary N) is 2. The highest BCUT2D eigenvalue weighted by Gasteiger charge is 2.18. The summed E-state index contributed by atoms with van der Waals surface area (Å²) in [5.41, 5.74) is 3.68. The summed E-state index contributed by atoms with van der Waals surface area (Å²) in [5.74, 6) is 0.153. The van der Waals surface area contributed by atoms with E-state index in [-0.39, 0.29) is 11.8 Å². The Bertz CT molecular complexity index is 1010. The van der Waals surface area contributed by atoms with Gasteiger partial charge in [0.1, 0.15) is 5.82 Å². The molecule has 2 amide bonds. The van der Waals surface area contributed by atoms with Crippen LogP contribution in [-0.4, -0.2) is 21.6 Å². The molecule has 1 heterocycles. The van der Waals surface area contributed by atoms with Crippen LogP contribution in [0.3, 0.4) is 0 Å². The quantitative estimate of drug-likeness (QED) is 0.650. The number of carbonyl (C=O) groups excluding carboxylic acids is 2. The molecule has 0 aliphatic carbocycles. The minimum absolute atomic E-state index is 0.188. The molecule has 27 heavy (non-hydrogen) atoms. The second-order valence-corrected chi connectivity index (χ2v) is 7.07. The molecule has 0 saturated carbocycles. The maximum absolute atomic E-state index is 12.8. The number of halogens is 1. The van der Waals surface area contributed by atoms with Gasteiger partial charge >= 0.3 is 0 Å². The maximum atomic E-state index is 12.8. The fraction of sp³-hybridized carbons (Fsp3) is 0.150. The van der Waals surface area contributed by atoms with Gasteiger partial charge in [0, 0.05) is 35.3 Å². The van der Waals surface area contributed by atoms with Gasteiger partial charge in [0.25, 0.3) is 5.91 Å². The number of hydrogen-bond donors (Lipinski definition) is 2. The first-order valence-corrected chi connectivity index (χ1v) is 9.13. The van der Waals surface area contributed by atoms with Gasteiger partial charge in [0.15, 0.2) is 0 Å². The summed E-state index contributed by atoms with van der Waals surface area (Å²) in [5, 5.41) is 10.1. The second kappa shape index (κ2) is 7.75. The Kier molecular flexibility index (Phi) is 5.41. The van der Waals surface area contributed by atoms with Gasteiger partial charge in [-0.1, -0.05) is 34.1 Å². The van der Waals surface area contributed by atoms with Gasteiger partial charge in [-0.15, -0.1) is 0 Å². The average Bonchev–Trinajstić information content (AvgIpc) is 2.89. The van der Waals surface area contributed by atoms with Crippen LogP contribution in [0.4, 0.5) is 11.5 Å². The second-order valence-electron chi connectivity index (χ2n) is 6.16. The fourth-order valence-electron chi connectivity index (χ4n) is 2.88. The largest absolute Gasteiger partial charge is 0.326 e. The summed E-state index contributed by atoms with van der Waals surface area (Å²) in [4.78, 5) is 24.0. The van der Waals surface area contributed by atoms with E-state index in [1.165, 1.54) is 6.92 Å². The lowest BCUT2D eigenvalue weighted by atomic mass is 10.1. The van der Waals surface area contributed by atoms with Crippen LogP contribution in [0.5, 0.6) is 0 Å². The molecule has 0 unspecified atom stereocenters. The first-order valence-electron chi connectivity index (χ1n) is 8.33. The van der Waals surface area contributed by atoms with E-state index in [2.05, 4.69) is 31.7 Å². The number of aromatic nitrogens is 2. The summed E-state index contributed by atoms with van der Waals surface area (Å²) in [6, 6.07) is 14.6. The number of benzene rings is 2. The molecule has 0 saturated heterocycles. The molecule has 3 aromatic rings. The molecular formula is C20H19BrN4O2. The number of nitrogens with zero attached hydrogens (tertiary/aromatic N) is 2. The number of rotatable bonds is 4. The van der Waals surface area contributed by atoms with E-state index in [1.54, 1.807) is 36.0 Å². The van der Waals surface area contributed by atoms with Crippen molar-refractivity contribution in [3.05, 3.63) is 64.3 Å². The van der Waals surface area contributed by atoms with Gasteiger partial charge in [0.05, 0.1) is 5.69 Å². The van der Waals surface area contributed by atoms with Gasteiger partial charge in [-0.05, 0) is 42.8 Å². The van der Waals surface area contributed by atoms with Crippen molar-refractivity contribution >= 4 is 39.2 Å². The summed E-state index contributed by atoms with van der Waals surface area (Å²) < 4.78 is 2.63. The lowest BCUT2D eigenvalue weighted by Gasteiger charge is -2.10. The summed E-state index contributed by atoms with van der Waals surface area (Å²) in [6.07, 6.45) is 0. The highest BCUT2D eigenvalue weighted by Crippen LogP contribution is 2.32. The molecule has 7 heteroatoms. The molecule has 2 N–H and O–H groups in total. The Morgan fingerprint density at radius 3 is 2.44 bits per heavy atom. The number of anilines is 2. The Labute approximate surface area is 165 Å². The summed E-state index contributed by atoms with van der Waals surface area (Å²) in [7, 11) is 1.79. The van der Waals surface area contributed by atoms with Crippen molar-refractivity contribution in [3.8, 4) is 11.1 Å². The van der Waals surface area contributed by atoms with Crippen LogP contribution in [-0.2, 0) is 11.8 Å². The van der Waals surface area contributed by atoms with E-state index in [4.69, 9.17) is 0 Å². The Morgan fingerprint density at radius 2 is 1.78 bits per heavy atom. The number of carbonyl (C=O) groups is 2. The predicted octanol–water partition coefficient (Wildman–Crippen LogP) is 4.37. The van der Waals surface area contributed by atoms with E-state index in [1.807, 2.05) is 31.2 Å². The third-order valence-corrected chi connectivity index (χ3v) is 4.56. The highest BCUT2D eigenvalue weighted by atomic mass is 79.9. The van der Waals surface area contributed by atoms with Crippen LogP contribution in [0.15, 0.2) is 53.0 Å². The molecule has 0 spiro atoms. The lowest BCUT2D eigenvalue weighted by molar-refractivity contribution is -0.114. The van der Waals surface area contributed by atoms with Crippen LogP contribution in [0, 0.1) is 6.92 Å². The van der Waals surface area contributed by atoms with E-state index in [0.29, 0.717) is 17.1 Å². The minimum Gasteiger partial charge on any atom is -0.326 e. The molecule has 1 aromatic heterocycles. The zero-order chi connectivity index (χ0) is 19.6. The van der Waals surface area contributed by atoms with Crippen LogP contribution in [0.1, 0.15) is 23.0 Å². The average molecular weight is 427 g/mol. The molecule has 2 aromatic carbocycles. The van der Waals surface area contributed by atoms with Gasteiger partial charge in [-0.25, -0.2) is 0 Å². The maximum Gasteiger partial charge on any atom is 0.256 e. The van der Waals surface area contributed by atoms with Crippen molar-refractivity contribution in [2.45, 2.75) is 13.8 Å². The predicted molar refractivity (Wildman–Crippen MR) is 110 cm³/mol. The Morgan fingerprint density at radius 1 is 1.07 bits per heavy atom. The zero-order valence-electron chi connectivity index (χ0n) is 15.2. The number of amides is 2. The van der Waals surface area contributed by atoms with Gasteiger partial charge in [-0.2, -0.15) is 5.10 Å². The Balaban J connectivity index is 1.93. The lowest BCUT2D eigenvalue weighted by Crippen LogP contribution is -2.16. The van der Waals surface area contributed by atoms with Crippen molar-refractivity contribution in [1.82, 2.24) is 9.78 Å². The van der Waals surface area contributed by atoms with Crippen LogP contribution in [0.2, 0.25) is 0 Å². The molecule has 0 bridgehead atoms. The van der Waals surface area contributed by atoms with Crippen molar-refractivity contribution in [1.29, 1.82) is 0 Å². The van der Waals surface area contributed by atoms with E-state index >= 15 is 0 Å². The third kappa shape index (κ3) is 4.25. The molecular weight excluding hydrogens is 408 g/mol. The fourth-order valence-corrected chi connectivity index (χ4v) is 3.15. The zero-order valence-corrected chi connectivity index (χ0v) is 16.8. The molecule has 0 atom stereocenters. The molecule has 0 aliphatic rings. The van der Waals surface area contributed by atoms with Crippen molar-refractivity contribution < 1.29 is 9.59 Å². The number of aryl methyl sites for hydroxylation is 2. The first kappa shape index (κ1) is 18.8. The molecule has 6 nitrogen and oxygen atoms in total. The highest BCUT2D eigenvalue weighted by molar-refractivity contribution is 9.10. The van der Waals surface area contributed by atoms with E-state index in [9.17, 15) is 9.59 Å². The van der Waals surface area contributed by atoms with Gasteiger partial charge in [-0.3, -0.25) is 14.3 Å². The van der Waals surface area contributed by atoms with E-state index < -0.39 is 0 Å². The van der Waals surface area contributed by atoms with Gasteiger partial charge in [0.2, 0.25) is 5.91 Å². The molecule has 3 rings (SSSR count). The molecule has 0 aliphatic heterocycles. The monoisotopic (exact) mass is 426 g/mol. The van der Waals surface area contributed by atoms with Gasteiger partial charge < -0.3 is 10.6 Å². The topological polar surface area (TPSA) is 76.0 Å². The van der Waals surface area contributed by atoms with E-state index in [0.717, 1.165) is 21.3 Å². The van der Waals surface area contributed by atoms with Crippen LogP contribution < -0.4 is 10.6 Å². The minimum atomic E-state index is -0.274. The standard InChI is InChI=1S/C20H19BrN4O2/c1-12-18(14-7-9-16(21)10-8-14)19(25(3)24-12)23-20(27)15-5-4-6-17(11-15)22-13(2)26/h4-11H,1-3H3,(H,22,26)(H,23,27). The number of hydrogen-bond acceptors (Lipinski definition) is 3. The SMILES string of the molecule is CC(=O)Nc1cccc(C(=O)Nc2c(-c3ccc(Br)cc3)c(C)nn2C)c1. The van der Waals surface area contributed by atoms with Crippen LogP contribution >= 0.6 is 15.9 Å². The molecule has 138 valence electrons.